The Kier molecular flexibility index (Phi) is 3.82. The molecule has 0 fully saturated rings. The number of alkyl halides is 2. The maximum Gasteiger partial charge on any atom is 0.0844 e. The fraction of sp³-hybridized carbons (Fsp3) is 0.600. The van der Waals surface area contributed by atoms with Crippen LogP contribution < -0.4 is 0 Å². The first kappa shape index (κ1) is 15.1. The van der Waals surface area contributed by atoms with E-state index < -0.39 is 0 Å². The summed E-state index contributed by atoms with van der Waals surface area (Å²) < 4.78 is 0. The van der Waals surface area contributed by atoms with Gasteiger partial charge < -0.3 is 0 Å². The van der Waals surface area contributed by atoms with Crippen LogP contribution in [0.3, 0.4) is 0 Å². The summed E-state index contributed by atoms with van der Waals surface area (Å²) in [6.45, 7) is 0. The van der Waals surface area contributed by atoms with Gasteiger partial charge in [0, 0.05) is 0 Å². The molecule has 0 aromatic heterocycles. The van der Waals surface area contributed by atoms with E-state index >= 15 is 0 Å². The predicted molar refractivity (Wildman–Crippen MR) is 95.7 cm³/mol. The zero-order valence-corrected chi connectivity index (χ0v) is 14.6. The van der Waals surface area contributed by atoms with Crippen molar-refractivity contribution < 1.29 is 0 Å². The third-order valence-corrected chi connectivity index (χ3v) is 7.06. The highest BCUT2D eigenvalue weighted by Gasteiger charge is 2.41. The zero-order valence-electron chi connectivity index (χ0n) is 13.1. The van der Waals surface area contributed by atoms with Gasteiger partial charge in [0.25, 0.3) is 0 Å². The summed E-state index contributed by atoms with van der Waals surface area (Å²) in [7, 11) is 0. The van der Waals surface area contributed by atoms with Gasteiger partial charge in [0.05, 0.1) is 9.75 Å². The van der Waals surface area contributed by atoms with Crippen LogP contribution in [0.1, 0.15) is 64.2 Å². The van der Waals surface area contributed by atoms with Gasteiger partial charge in [-0.1, -0.05) is 24.3 Å². The highest BCUT2D eigenvalue weighted by atomic mass is 35.5. The van der Waals surface area contributed by atoms with Crippen LogP contribution in [-0.2, 0) is 0 Å². The number of hydrogen-bond donors (Lipinski definition) is 0. The Hall–Kier alpha value is -0.460. The normalized spacial score (nSPS) is 37.0. The fourth-order valence-corrected chi connectivity index (χ4v) is 5.42. The lowest BCUT2D eigenvalue weighted by Crippen LogP contribution is -2.28. The molecule has 4 aliphatic rings. The van der Waals surface area contributed by atoms with Crippen molar-refractivity contribution in [3.8, 4) is 0 Å². The maximum absolute atomic E-state index is 7.02. The minimum atomic E-state index is -0.260. The Bertz CT molecular complexity index is 553. The monoisotopic (exact) mass is 334 g/mol. The van der Waals surface area contributed by atoms with Crippen molar-refractivity contribution in [2.24, 2.45) is 0 Å². The lowest BCUT2D eigenvalue weighted by molar-refractivity contribution is 0.553. The Labute approximate surface area is 143 Å². The van der Waals surface area contributed by atoms with E-state index in [-0.39, 0.29) is 9.75 Å². The molecule has 0 N–H and O–H groups in total. The van der Waals surface area contributed by atoms with Crippen molar-refractivity contribution in [1.82, 2.24) is 0 Å². The molecule has 0 heterocycles. The first-order valence-corrected chi connectivity index (χ1v) is 9.58. The number of halogens is 2. The lowest BCUT2D eigenvalue weighted by Gasteiger charge is -2.32. The second-order valence-electron chi connectivity index (χ2n) is 7.31. The van der Waals surface area contributed by atoms with E-state index in [4.69, 9.17) is 23.2 Å². The van der Waals surface area contributed by atoms with Gasteiger partial charge in [-0.05, 0) is 86.5 Å². The summed E-state index contributed by atoms with van der Waals surface area (Å²) in [6, 6.07) is 0. The molecule has 2 heteroatoms. The largest absolute Gasteiger partial charge is 0.110 e. The molecule has 0 aromatic carbocycles. The molecule has 0 aromatic rings. The third kappa shape index (κ3) is 2.43. The second-order valence-corrected chi connectivity index (χ2v) is 8.66. The molecule has 0 saturated heterocycles. The van der Waals surface area contributed by atoms with Crippen molar-refractivity contribution in [2.75, 3.05) is 0 Å². The predicted octanol–water partition coefficient (Wildman–Crippen LogP) is 6.60. The van der Waals surface area contributed by atoms with E-state index in [2.05, 4.69) is 24.3 Å². The topological polar surface area (TPSA) is 0 Å². The van der Waals surface area contributed by atoms with E-state index in [1.165, 1.54) is 73.7 Å². The molecule has 2 atom stereocenters. The van der Waals surface area contributed by atoms with Gasteiger partial charge in [0.15, 0.2) is 0 Å². The minimum absolute atomic E-state index is 0.260. The molecule has 118 valence electrons. The molecular formula is C20H24Cl2. The molecule has 22 heavy (non-hydrogen) atoms. The molecule has 0 nitrogen and oxygen atoms in total. The van der Waals surface area contributed by atoms with E-state index in [1.807, 2.05) is 0 Å². The summed E-state index contributed by atoms with van der Waals surface area (Å²) in [5, 5.41) is 0. The first-order valence-electron chi connectivity index (χ1n) is 8.82. The molecule has 4 aliphatic carbocycles. The summed E-state index contributed by atoms with van der Waals surface area (Å²) in [6.07, 6.45) is 20.9. The smallest absolute Gasteiger partial charge is 0.0844 e. The number of rotatable bonds is 3. The summed E-state index contributed by atoms with van der Waals surface area (Å²) in [5.41, 5.74) is 5.98. The van der Waals surface area contributed by atoms with Crippen LogP contribution in [0.4, 0.5) is 0 Å². The van der Waals surface area contributed by atoms with Crippen molar-refractivity contribution in [1.29, 1.82) is 0 Å². The van der Waals surface area contributed by atoms with E-state index in [0.29, 0.717) is 0 Å². The Balaban J connectivity index is 1.51. The van der Waals surface area contributed by atoms with E-state index in [9.17, 15) is 0 Å². The van der Waals surface area contributed by atoms with Gasteiger partial charge in [0.1, 0.15) is 0 Å². The summed E-state index contributed by atoms with van der Waals surface area (Å²) in [4.78, 5) is -0.521. The Morgan fingerprint density at radius 2 is 1.09 bits per heavy atom. The van der Waals surface area contributed by atoms with E-state index in [1.54, 1.807) is 0 Å². The first-order chi connectivity index (χ1) is 10.6. The van der Waals surface area contributed by atoms with Crippen molar-refractivity contribution >= 4 is 23.2 Å². The second kappa shape index (κ2) is 5.56. The van der Waals surface area contributed by atoms with Gasteiger partial charge in [-0.25, -0.2) is 0 Å². The van der Waals surface area contributed by atoms with Crippen LogP contribution >= 0.6 is 23.2 Å². The van der Waals surface area contributed by atoms with Crippen LogP contribution in [-0.4, -0.2) is 9.75 Å². The van der Waals surface area contributed by atoms with Gasteiger partial charge in [-0.15, -0.1) is 23.2 Å². The van der Waals surface area contributed by atoms with Crippen LogP contribution in [0.2, 0.25) is 0 Å². The Morgan fingerprint density at radius 1 is 0.682 bits per heavy atom. The summed E-state index contributed by atoms with van der Waals surface area (Å²) >= 11 is 14.0. The molecule has 0 amide bonds. The molecule has 0 spiro atoms. The van der Waals surface area contributed by atoms with Gasteiger partial charge in [-0.3, -0.25) is 0 Å². The molecular weight excluding hydrogens is 311 g/mol. The SMILES string of the molecule is ClC1(CCC2(Cl)C=CC3=C2CCCC3)C=CC2=C1CCCC2. The van der Waals surface area contributed by atoms with Crippen LogP contribution in [0, 0.1) is 0 Å². The van der Waals surface area contributed by atoms with Crippen molar-refractivity contribution in [3.05, 3.63) is 46.6 Å². The highest BCUT2D eigenvalue weighted by Crippen LogP contribution is 2.50. The van der Waals surface area contributed by atoms with Crippen LogP contribution in [0.25, 0.3) is 0 Å². The standard InChI is InChI=1S/C20H24Cl2/c21-19(11-9-15-5-1-3-7-17(15)19)13-14-20(22)12-10-16-6-2-4-8-18(16)20/h9-12H,1-8,13-14H2. The lowest BCUT2D eigenvalue weighted by atomic mass is 9.81. The number of hydrogen-bond acceptors (Lipinski definition) is 0. The average Bonchev–Trinajstić information content (AvgIpc) is 3.07. The van der Waals surface area contributed by atoms with Gasteiger partial charge >= 0.3 is 0 Å². The Morgan fingerprint density at radius 3 is 1.55 bits per heavy atom. The minimum Gasteiger partial charge on any atom is -0.110 e. The third-order valence-electron chi connectivity index (χ3n) is 5.97. The maximum atomic E-state index is 7.02. The number of allylic oxidation sites excluding steroid dienone is 8. The van der Waals surface area contributed by atoms with Gasteiger partial charge in [-0.2, -0.15) is 0 Å². The van der Waals surface area contributed by atoms with E-state index in [0.717, 1.165) is 12.8 Å². The highest BCUT2D eigenvalue weighted by molar-refractivity contribution is 6.29. The van der Waals surface area contributed by atoms with Crippen LogP contribution in [0.5, 0.6) is 0 Å². The van der Waals surface area contributed by atoms with Gasteiger partial charge in [0.2, 0.25) is 0 Å². The molecule has 0 aliphatic heterocycles. The molecule has 2 unspecified atom stereocenters. The molecule has 4 rings (SSSR count). The molecule has 0 radical (unpaired) electrons. The van der Waals surface area contributed by atoms with Crippen molar-refractivity contribution in [2.45, 2.75) is 74.0 Å². The van der Waals surface area contributed by atoms with Crippen molar-refractivity contribution in [3.63, 3.8) is 0 Å². The summed E-state index contributed by atoms with van der Waals surface area (Å²) in [5.74, 6) is 0. The van der Waals surface area contributed by atoms with Crippen LogP contribution in [0.15, 0.2) is 46.6 Å². The quantitative estimate of drug-likeness (QED) is 0.510. The average molecular weight is 335 g/mol. The molecule has 0 saturated carbocycles. The molecule has 0 bridgehead atoms. The fourth-order valence-electron chi connectivity index (χ4n) is 4.67. The zero-order chi connectivity index (χ0) is 15.2.